The Labute approximate surface area is 127 Å². The Bertz CT molecular complexity index is 373. The highest BCUT2D eigenvalue weighted by atomic mass is 16.5. The van der Waals surface area contributed by atoms with E-state index in [0.29, 0.717) is 19.1 Å². The average Bonchev–Trinajstić information content (AvgIpc) is 2.54. The van der Waals surface area contributed by atoms with Crippen molar-refractivity contribution in [2.45, 2.75) is 51.5 Å². The molecule has 0 aromatic carbocycles. The predicted molar refractivity (Wildman–Crippen MR) is 80.8 cm³/mol. The quantitative estimate of drug-likeness (QED) is 0.740. The number of methoxy groups -OCH3 is 1. The van der Waals surface area contributed by atoms with Gasteiger partial charge < -0.3 is 9.64 Å². The Morgan fingerprint density at radius 2 is 1.95 bits per heavy atom. The summed E-state index contributed by atoms with van der Waals surface area (Å²) in [5.41, 5.74) is 0. The molecule has 2 rings (SSSR count). The molecule has 2 heterocycles. The van der Waals surface area contributed by atoms with Crippen LogP contribution in [0.2, 0.25) is 0 Å². The third-order valence-corrected chi connectivity index (χ3v) is 4.82. The molecular formula is C16H28N2O3. The summed E-state index contributed by atoms with van der Waals surface area (Å²) in [5, 5.41) is 0. The summed E-state index contributed by atoms with van der Waals surface area (Å²) in [5.74, 6) is 0.0171. The maximum Gasteiger partial charge on any atom is 0.309 e. The lowest BCUT2D eigenvalue weighted by molar-refractivity contribution is -0.148. The van der Waals surface area contributed by atoms with Crippen LogP contribution in [-0.4, -0.2) is 61.0 Å². The van der Waals surface area contributed by atoms with Gasteiger partial charge in [-0.1, -0.05) is 6.92 Å². The van der Waals surface area contributed by atoms with Crippen molar-refractivity contribution in [2.75, 3.05) is 33.3 Å². The first-order valence-corrected chi connectivity index (χ1v) is 8.25. The van der Waals surface area contributed by atoms with Crippen LogP contribution in [0.5, 0.6) is 0 Å². The summed E-state index contributed by atoms with van der Waals surface area (Å²) in [6.45, 7) is 5.06. The van der Waals surface area contributed by atoms with Crippen LogP contribution < -0.4 is 0 Å². The third-order valence-electron chi connectivity index (χ3n) is 4.82. The van der Waals surface area contributed by atoms with Crippen molar-refractivity contribution in [3.05, 3.63) is 0 Å². The summed E-state index contributed by atoms with van der Waals surface area (Å²) in [6, 6.07) is 0.410. The molecule has 0 N–H and O–H groups in total. The summed E-state index contributed by atoms with van der Waals surface area (Å²) >= 11 is 0. The molecule has 2 atom stereocenters. The largest absolute Gasteiger partial charge is 0.469 e. The van der Waals surface area contributed by atoms with Gasteiger partial charge in [-0.3, -0.25) is 14.5 Å². The minimum Gasteiger partial charge on any atom is -0.469 e. The number of ether oxygens (including phenoxy) is 1. The van der Waals surface area contributed by atoms with Gasteiger partial charge in [0.15, 0.2) is 0 Å². The van der Waals surface area contributed by atoms with Gasteiger partial charge in [0.1, 0.15) is 0 Å². The van der Waals surface area contributed by atoms with Gasteiger partial charge in [0.25, 0.3) is 0 Å². The first-order valence-electron chi connectivity index (χ1n) is 8.25. The summed E-state index contributed by atoms with van der Waals surface area (Å²) in [4.78, 5) is 28.4. The molecule has 2 fully saturated rings. The highest BCUT2D eigenvalue weighted by Crippen LogP contribution is 2.21. The number of esters is 1. The number of nitrogens with zero attached hydrogens (tertiary/aromatic N) is 2. The van der Waals surface area contributed by atoms with E-state index in [9.17, 15) is 9.59 Å². The molecule has 5 nitrogen and oxygen atoms in total. The number of hydrogen-bond acceptors (Lipinski definition) is 4. The number of piperidine rings is 2. The lowest BCUT2D eigenvalue weighted by Crippen LogP contribution is -2.50. The van der Waals surface area contributed by atoms with Crippen molar-refractivity contribution < 1.29 is 14.3 Å². The van der Waals surface area contributed by atoms with Crippen molar-refractivity contribution in [3.8, 4) is 0 Å². The second kappa shape index (κ2) is 7.78. The predicted octanol–water partition coefficient (Wildman–Crippen LogP) is 1.66. The van der Waals surface area contributed by atoms with Gasteiger partial charge in [-0.25, -0.2) is 0 Å². The van der Waals surface area contributed by atoms with Crippen LogP contribution in [0.3, 0.4) is 0 Å². The molecule has 2 aliphatic rings. The fraction of sp³-hybridized carbons (Fsp3) is 0.875. The van der Waals surface area contributed by atoms with Gasteiger partial charge in [0.2, 0.25) is 5.91 Å². The summed E-state index contributed by atoms with van der Waals surface area (Å²) < 4.78 is 4.83. The van der Waals surface area contributed by atoms with Crippen LogP contribution in [0.4, 0.5) is 0 Å². The second-order valence-electron chi connectivity index (χ2n) is 6.24. The van der Waals surface area contributed by atoms with E-state index in [1.165, 1.54) is 13.5 Å². The molecule has 21 heavy (non-hydrogen) atoms. The van der Waals surface area contributed by atoms with Crippen LogP contribution in [0.1, 0.15) is 45.4 Å². The van der Waals surface area contributed by atoms with E-state index in [4.69, 9.17) is 4.74 Å². The summed E-state index contributed by atoms with van der Waals surface area (Å²) in [6.07, 6.45) is 6.36. The van der Waals surface area contributed by atoms with Crippen LogP contribution in [0.15, 0.2) is 0 Å². The first-order chi connectivity index (χ1) is 10.2. The zero-order chi connectivity index (χ0) is 15.2. The van der Waals surface area contributed by atoms with E-state index in [-0.39, 0.29) is 17.8 Å². The van der Waals surface area contributed by atoms with E-state index in [1.54, 1.807) is 0 Å². The van der Waals surface area contributed by atoms with Crippen molar-refractivity contribution >= 4 is 11.9 Å². The minimum absolute atomic E-state index is 0.0696. The molecule has 2 aliphatic heterocycles. The molecule has 0 saturated carbocycles. The van der Waals surface area contributed by atoms with Crippen molar-refractivity contribution in [3.63, 3.8) is 0 Å². The maximum atomic E-state index is 12.5. The molecule has 0 spiro atoms. The molecule has 0 aromatic heterocycles. The van der Waals surface area contributed by atoms with Gasteiger partial charge >= 0.3 is 5.97 Å². The Kier molecular flexibility index (Phi) is 6.03. The number of carbonyl (C=O) groups is 2. The average molecular weight is 296 g/mol. The fourth-order valence-corrected chi connectivity index (χ4v) is 3.59. The first kappa shape index (κ1) is 16.3. The fourth-order valence-electron chi connectivity index (χ4n) is 3.59. The van der Waals surface area contributed by atoms with Crippen LogP contribution in [0.25, 0.3) is 0 Å². The summed E-state index contributed by atoms with van der Waals surface area (Å²) in [7, 11) is 1.44. The number of amides is 1. The highest BCUT2D eigenvalue weighted by molar-refractivity contribution is 5.79. The molecule has 2 unspecified atom stereocenters. The van der Waals surface area contributed by atoms with Crippen molar-refractivity contribution in [1.29, 1.82) is 0 Å². The lowest BCUT2D eigenvalue weighted by Gasteiger charge is -2.38. The molecular weight excluding hydrogens is 268 g/mol. The highest BCUT2D eigenvalue weighted by Gasteiger charge is 2.30. The Morgan fingerprint density at radius 1 is 1.14 bits per heavy atom. The van der Waals surface area contributed by atoms with E-state index < -0.39 is 0 Å². The van der Waals surface area contributed by atoms with Crippen LogP contribution in [-0.2, 0) is 14.3 Å². The molecule has 0 aliphatic carbocycles. The molecule has 0 radical (unpaired) electrons. The van der Waals surface area contributed by atoms with E-state index >= 15 is 0 Å². The number of rotatable bonds is 4. The molecule has 2 saturated heterocycles. The lowest BCUT2D eigenvalue weighted by atomic mass is 9.97. The van der Waals surface area contributed by atoms with Crippen LogP contribution in [0, 0.1) is 5.92 Å². The molecule has 120 valence electrons. The number of likely N-dealkylation sites (tertiary alicyclic amines) is 2. The zero-order valence-electron chi connectivity index (χ0n) is 13.3. The Hall–Kier alpha value is -1.10. The minimum atomic E-state index is -0.142. The number of carbonyl (C=O) groups excluding carboxylic acids is 2. The zero-order valence-corrected chi connectivity index (χ0v) is 13.3. The van der Waals surface area contributed by atoms with E-state index in [0.717, 1.165) is 45.2 Å². The Morgan fingerprint density at radius 3 is 2.67 bits per heavy atom. The Balaban J connectivity index is 1.88. The SMILES string of the molecule is CCC1CCCCN1C(=O)CN1CCCC(C(=O)OC)C1. The van der Waals surface area contributed by atoms with Gasteiger partial charge in [-0.2, -0.15) is 0 Å². The molecule has 5 heteroatoms. The normalized spacial score (nSPS) is 27.4. The van der Waals surface area contributed by atoms with Crippen molar-refractivity contribution in [1.82, 2.24) is 9.80 Å². The maximum absolute atomic E-state index is 12.5. The monoisotopic (exact) mass is 296 g/mol. The van der Waals surface area contributed by atoms with Crippen LogP contribution >= 0.6 is 0 Å². The van der Waals surface area contributed by atoms with Crippen molar-refractivity contribution in [2.24, 2.45) is 5.92 Å². The smallest absolute Gasteiger partial charge is 0.309 e. The van der Waals surface area contributed by atoms with Gasteiger partial charge in [0, 0.05) is 19.1 Å². The van der Waals surface area contributed by atoms with E-state index in [2.05, 4.69) is 16.7 Å². The molecule has 0 aromatic rings. The third kappa shape index (κ3) is 4.19. The van der Waals surface area contributed by atoms with Gasteiger partial charge in [0.05, 0.1) is 19.6 Å². The van der Waals surface area contributed by atoms with E-state index in [1.807, 2.05) is 0 Å². The molecule has 1 amide bonds. The second-order valence-corrected chi connectivity index (χ2v) is 6.24. The van der Waals surface area contributed by atoms with Gasteiger partial charge in [-0.15, -0.1) is 0 Å². The van der Waals surface area contributed by atoms with Gasteiger partial charge in [-0.05, 0) is 45.1 Å². The molecule has 0 bridgehead atoms. The standard InChI is InChI=1S/C16H28N2O3/c1-3-14-8-4-5-10-18(14)15(19)12-17-9-6-7-13(11-17)16(20)21-2/h13-14H,3-12H2,1-2H3. The number of hydrogen-bond donors (Lipinski definition) is 0. The topological polar surface area (TPSA) is 49.9 Å².